The lowest BCUT2D eigenvalue weighted by Crippen LogP contribution is -1.83. The van der Waals surface area contributed by atoms with E-state index in [2.05, 4.69) is 43.3 Å². The highest BCUT2D eigenvalue weighted by atomic mass is 79.9. The van der Waals surface area contributed by atoms with Gasteiger partial charge < -0.3 is 0 Å². The number of rotatable bonds is 2. The fourth-order valence-electron chi connectivity index (χ4n) is 1.45. The summed E-state index contributed by atoms with van der Waals surface area (Å²) in [6, 6.07) is 3.89. The third kappa shape index (κ3) is 1.86. The summed E-state index contributed by atoms with van der Waals surface area (Å²) in [5, 5.41) is 2.39. The lowest BCUT2D eigenvalue weighted by atomic mass is 10.3. The standard InChI is InChI=1S/C10H8BrN3S/c1-2-8-10(12-6-15)14-5-7(11)3-4-9(14)13-8/h3-5H,2H2,1H3. The van der Waals surface area contributed by atoms with Gasteiger partial charge in [-0.2, -0.15) is 4.99 Å². The van der Waals surface area contributed by atoms with Crippen molar-refractivity contribution in [2.24, 2.45) is 4.99 Å². The molecule has 0 unspecified atom stereocenters. The number of aryl methyl sites for hydroxylation is 1. The Morgan fingerprint density at radius 2 is 2.40 bits per heavy atom. The van der Waals surface area contributed by atoms with Gasteiger partial charge in [0, 0.05) is 10.7 Å². The van der Waals surface area contributed by atoms with Crippen molar-refractivity contribution in [3.05, 3.63) is 28.5 Å². The van der Waals surface area contributed by atoms with E-state index in [4.69, 9.17) is 0 Å². The summed E-state index contributed by atoms with van der Waals surface area (Å²) in [6.07, 6.45) is 2.75. The number of isothiocyanates is 1. The Labute approximate surface area is 101 Å². The van der Waals surface area contributed by atoms with Gasteiger partial charge in [-0.3, -0.25) is 4.40 Å². The molecule has 76 valence electrons. The van der Waals surface area contributed by atoms with Gasteiger partial charge >= 0.3 is 0 Å². The van der Waals surface area contributed by atoms with Crippen molar-refractivity contribution in [2.75, 3.05) is 0 Å². The predicted molar refractivity (Wildman–Crippen MR) is 67.0 cm³/mol. The van der Waals surface area contributed by atoms with Gasteiger partial charge in [0.2, 0.25) is 0 Å². The summed E-state index contributed by atoms with van der Waals surface area (Å²) in [5.41, 5.74) is 1.81. The van der Waals surface area contributed by atoms with Crippen molar-refractivity contribution >= 4 is 44.8 Å². The molecular formula is C10H8BrN3S. The van der Waals surface area contributed by atoms with Crippen molar-refractivity contribution in [2.45, 2.75) is 13.3 Å². The number of nitrogens with zero attached hydrogens (tertiary/aromatic N) is 3. The van der Waals surface area contributed by atoms with E-state index in [9.17, 15) is 0 Å². The lowest BCUT2D eigenvalue weighted by molar-refractivity contribution is 1.06. The van der Waals surface area contributed by atoms with Gasteiger partial charge in [0.15, 0.2) is 5.82 Å². The van der Waals surface area contributed by atoms with E-state index in [0.717, 1.165) is 28.1 Å². The van der Waals surface area contributed by atoms with E-state index < -0.39 is 0 Å². The van der Waals surface area contributed by atoms with E-state index in [1.165, 1.54) is 0 Å². The molecule has 2 aromatic rings. The van der Waals surface area contributed by atoms with Crippen LogP contribution in [-0.2, 0) is 6.42 Å². The van der Waals surface area contributed by atoms with E-state index in [0.29, 0.717) is 0 Å². The minimum absolute atomic E-state index is 0.767. The summed E-state index contributed by atoms with van der Waals surface area (Å²) in [5.74, 6) is 0.767. The Morgan fingerprint density at radius 1 is 1.60 bits per heavy atom. The summed E-state index contributed by atoms with van der Waals surface area (Å²) >= 11 is 8.05. The van der Waals surface area contributed by atoms with Crippen LogP contribution in [0.1, 0.15) is 12.6 Å². The molecule has 0 amide bonds. The fourth-order valence-corrected chi connectivity index (χ4v) is 1.88. The van der Waals surface area contributed by atoms with Gasteiger partial charge in [-0.25, -0.2) is 4.98 Å². The molecule has 0 saturated heterocycles. The van der Waals surface area contributed by atoms with Crippen molar-refractivity contribution in [1.29, 1.82) is 0 Å². The topological polar surface area (TPSA) is 29.7 Å². The summed E-state index contributed by atoms with van der Waals surface area (Å²) in [6.45, 7) is 2.04. The largest absolute Gasteiger partial charge is 0.283 e. The third-order valence-electron chi connectivity index (χ3n) is 2.11. The highest BCUT2D eigenvalue weighted by molar-refractivity contribution is 9.10. The van der Waals surface area contributed by atoms with Gasteiger partial charge in [-0.15, -0.1) is 0 Å². The minimum atomic E-state index is 0.767. The second kappa shape index (κ2) is 4.23. The van der Waals surface area contributed by atoms with Gasteiger partial charge in [0.1, 0.15) is 5.65 Å². The first-order valence-electron chi connectivity index (χ1n) is 4.50. The van der Waals surface area contributed by atoms with Gasteiger partial charge in [-0.1, -0.05) is 6.92 Å². The SMILES string of the molecule is CCc1nc2ccc(Br)cn2c1N=C=S. The zero-order valence-corrected chi connectivity index (χ0v) is 10.5. The molecule has 3 nitrogen and oxygen atoms in total. The minimum Gasteiger partial charge on any atom is -0.283 e. The van der Waals surface area contributed by atoms with Gasteiger partial charge in [0.25, 0.3) is 0 Å². The quantitative estimate of drug-likeness (QED) is 0.624. The molecule has 0 aliphatic rings. The van der Waals surface area contributed by atoms with Crippen LogP contribution in [0.15, 0.2) is 27.8 Å². The van der Waals surface area contributed by atoms with Crippen LogP contribution >= 0.6 is 28.1 Å². The van der Waals surface area contributed by atoms with Crippen molar-refractivity contribution < 1.29 is 0 Å². The Balaban J connectivity index is 2.81. The molecule has 0 bridgehead atoms. The highest BCUT2D eigenvalue weighted by Gasteiger charge is 2.09. The molecule has 0 spiro atoms. The molecule has 0 aliphatic carbocycles. The Kier molecular flexibility index (Phi) is 2.95. The molecule has 2 heterocycles. The second-order valence-corrected chi connectivity index (χ2v) is 4.11. The van der Waals surface area contributed by atoms with Crippen LogP contribution in [0.5, 0.6) is 0 Å². The average Bonchev–Trinajstić information content (AvgIpc) is 2.57. The molecule has 2 aromatic heterocycles. The Morgan fingerprint density at radius 3 is 3.07 bits per heavy atom. The first kappa shape index (κ1) is 10.5. The predicted octanol–water partition coefficient (Wildman–Crippen LogP) is 3.39. The molecular weight excluding hydrogens is 274 g/mol. The van der Waals surface area contributed by atoms with Crippen molar-refractivity contribution in [1.82, 2.24) is 9.38 Å². The van der Waals surface area contributed by atoms with E-state index in [1.54, 1.807) is 0 Å². The smallest absolute Gasteiger partial charge is 0.170 e. The molecule has 0 aliphatic heterocycles. The van der Waals surface area contributed by atoms with Crippen LogP contribution < -0.4 is 0 Å². The maximum Gasteiger partial charge on any atom is 0.170 e. The molecule has 5 heteroatoms. The molecule has 0 atom stereocenters. The normalized spacial score (nSPS) is 10.3. The first-order chi connectivity index (χ1) is 7.26. The number of fused-ring (bicyclic) bond motifs is 1. The van der Waals surface area contributed by atoms with Gasteiger partial charge in [0.05, 0.1) is 10.9 Å². The summed E-state index contributed by atoms with van der Waals surface area (Å²) in [7, 11) is 0. The fraction of sp³-hybridized carbons (Fsp3) is 0.200. The maximum atomic E-state index is 4.63. The molecule has 0 aromatic carbocycles. The zero-order chi connectivity index (χ0) is 10.8. The third-order valence-corrected chi connectivity index (χ3v) is 2.67. The van der Waals surface area contributed by atoms with Crippen LogP contribution in [0.3, 0.4) is 0 Å². The average molecular weight is 282 g/mol. The van der Waals surface area contributed by atoms with E-state index in [1.807, 2.05) is 29.7 Å². The molecule has 0 radical (unpaired) electrons. The van der Waals surface area contributed by atoms with Crippen LogP contribution in [0.2, 0.25) is 0 Å². The molecule has 0 saturated carbocycles. The number of hydrogen-bond acceptors (Lipinski definition) is 3. The second-order valence-electron chi connectivity index (χ2n) is 3.01. The van der Waals surface area contributed by atoms with Crippen LogP contribution in [0.4, 0.5) is 5.82 Å². The number of aromatic nitrogens is 2. The number of halogens is 1. The summed E-state index contributed by atoms with van der Waals surface area (Å²) in [4.78, 5) is 8.50. The van der Waals surface area contributed by atoms with Crippen LogP contribution in [0, 0.1) is 0 Å². The van der Waals surface area contributed by atoms with Crippen molar-refractivity contribution in [3.8, 4) is 0 Å². The maximum absolute atomic E-state index is 4.63. The number of hydrogen-bond donors (Lipinski definition) is 0. The highest BCUT2D eigenvalue weighted by Crippen LogP contribution is 2.23. The van der Waals surface area contributed by atoms with Crippen molar-refractivity contribution in [3.63, 3.8) is 0 Å². The van der Waals surface area contributed by atoms with Crippen LogP contribution in [0.25, 0.3) is 5.65 Å². The number of pyridine rings is 1. The molecule has 15 heavy (non-hydrogen) atoms. The number of thiocarbonyl (C=S) groups is 1. The molecule has 0 fully saturated rings. The summed E-state index contributed by atoms with van der Waals surface area (Å²) < 4.78 is 2.89. The zero-order valence-electron chi connectivity index (χ0n) is 8.07. The number of imidazole rings is 1. The molecule has 2 rings (SSSR count). The lowest BCUT2D eigenvalue weighted by Gasteiger charge is -1.96. The van der Waals surface area contributed by atoms with Crippen LogP contribution in [-0.4, -0.2) is 14.5 Å². The Bertz CT molecular complexity index is 555. The Hall–Kier alpha value is -1.03. The first-order valence-corrected chi connectivity index (χ1v) is 5.70. The number of aliphatic imine (C=N–C) groups is 1. The van der Waals surface area contributed by atoms with E-state index >= 15 is 0 Å². The molecule has 0 N–H and O–H groups in total. The monoisotopic (exact) mass is 281 g/mol. The van der Waals surface area contributed by atoms with E-state index in [-0.39, 0.29) is 0 Å². The van der Waals surface area contributed by atoms with Gasteiger partial charge in [-0.05, 0) is 46.7 Å².